The minimum absolute atomic E-state index is 0.115. The number of nitrogens with one attached hydrogen (secondary N) is 1. The predicted molar refractivity (Wildman–Crippen MR) is 99.3 cm³/mol. The molecule has 0 aliphatic rings. The van der Waals surface area contributed by atoms with Crippen LogP contribution in [0.15, 0.2) is 66.9 Å². The fraction of sp³-hybridized carbons (Fsp3) is 0.100. The van der Waals surface area contributed by atoms with Gasteiger partial charge in [0.05, 0.1) is 6.42 Å². The normalized spacial score (nSPS) is 10.3. The van der Waals surface area contributed by atoms with Gasteiger partial charge in [-0.15, -0.1) is 0 Å². The third-order valence-electron chi connectivity index (χ3n) is 3.55. The number of amides is 1. The summed E-state index contributed by atoms with van der Waals surface area (Å²) in [6.45, 7) is 2.03. The van der Waals surface area contributed by atoms with Crippen LogP contribution in [0.3, 0.4) is 0 Å². The van der Waals surface area contributed by atoms with Crippen molar-refractivity contribution in [3.05, 3.63) is 83.1 Å². The van der Waals surface area contributed by atoms with Crippen LogP contribution in [-0.4, -0.2) is 10.9 Å². The van der Waals surface area contributed by atoms with Crippen LogP contribution in [0.4, 0.5) is 5.69 Å². The highest BCUT2D eigenvalue weighted by Gasteiger charge is 2.05. The Morgan fingerprint density at radius 1 is 1.00 bits per heavy atom. The minimum Gasteiger partial charge on any atom is -0.457 e. The van der Waals surface area contributed by atoms with Crippen molar-refractivity contribution in [1.82, 2.24) is 4.98 Å². The van der Waals surface area contributed by atoms with E-state index in [1.165, 1.54) is 5.56 Å². The fourth-order valence-electron chi connectivity index (χ4n) is 2.25. The molecule has 0 atom stereocenters. The van der Waals surface area contributed by atoms with Gasteiger partial charge in [-0.1, -0.05) is 35.4 Å². The summed E-state index contributed by atoms with van der Waals surface area (Å²) in [7, 11) is 0. The van der Waals surface area contributed by atoms with Crippen molar-refractivity contribution in [3.63, 3.8) is 0 Å². The molecule has 0 aliphatic heterocycles. The first-order valence-corrected chi connectivity index (χ1v) is 8.21. The summed E-state index contributed by atoms with van der Waals surface area (Å²) in [5.74, 6) is 1.37. The summed E-state index contributed by atoms with van der Waals surface area (Å²) < 4.78 is 5.77. The number of benzene rings is 2. The average molecular weight is 353 g/mol. The Balaban J connectivity index is 1.57. The summed E-state index contributed by atoms with van der Waals surface area (Å²) in [5, 5.41) is 3.26. The molecule has 0 fully saturated rings. The number of rotatable bonds is 5. The molecule has 25 heavy (non-hydrogen) atoms. The molecule has 4 nitrogen and oxygen atoms in total. The number of halogens is 1. The number of hydrogen-bond acceptors (Lipinski definition) is 3. The third-order valence-corrected chi connectivity index (χ3v) is 3.77. The maximum absolute atomic E-state index is 12.1. The molecule has 1 N–H and O–H groups in total. The largest absolute Gasteiger partial charge is 0.457 e. The standard InChI is InChI=1S/C20H17ClN2O2/c1-14-2-7-17(8-3-14)25-18-9-5-16(6-10-18)23-20(24)12-15-4-11-19(21)22-13-15/h2-11,13H,12H2,1H3,(H,23,24). The van der Waals surface area contributed by atoms with Gasteiger partial charge in [0, 0.05) is 11.9 Å². The highest BCUT2D eigenvalue weighted by atomic mass is 35.5. The molecule has 5 heteroatoms. The quantitative estimate of drug-likeness (QED) is 0.656. The summed E-state index contributed by atoms with van der Waals surface area (Å²) in [6, 6.07) is 18.5. The van der Waals surface area contributed by atoms with Crippen molar-refractivity contribution in [2.75, 3.05) is 5.32 Å². The average Bonchev–Trinajstić information content (AvgIpc) is 2.61. The van der Waals surface area contributed by atoms with Crippen LogP contribution in [-0.2, 0) is 11.2 Å². The lowest BCUT2D eigenvalue weighted by Crippen LogP contribution is -2.14. The fourth-order valence-corrected chi connectivity index (χ4v) is 2.36. The van der Waals surface area contributed by atoms with Gasteiger partial charge in [-0.05, 0) is 55.0 Å². The smallest absolute Gasteiger partial charge is 0.228 e. The SMILES string of the molecule is Cc1ccc(Oc2ccc(NC(=O)Cc3ccc(Cl)nc3)cc2)cc1. The topological polar surface area (TPSA) is 51.2 Å². The van der Waals surface area contributed by atoms with E-state index >= 15 is 0 Å². The van der Waals surface area contributed by atoms with Gasteiger partial charge in [0.2, 0.25) is 5.91 Å². The molecule has 0 radical (unpaired) electrons. The molecule has 0 aliphatic carbocycles. The van der Waals surface area contributed by atoms with Gasteiger partial charge in [0.1, 0.15) is 16.7 Å². The molecule has 1 aromatic heterocycles. The van der Waals surface area contributed by atoms with E-state index in [2.05, 4.69) is 10.3 Å². The van der Waals surface area contributed by atoms with Crippen molar-refractivity contribution in [2.45, 2.75) is 13.3 Å². The van der Waals surface area contributed by atoms with Crippen LogP contribution in [0.1, 0.15) is 11.1 Å². The molecule has 0 saturated heterocycles. The zero-order valence-corrected chi connectivity index (χ0v) is 14.5. The molecular weight excluding hydrogens is 336 g/mol. The zero-order chi connectivity index (χ0) is 17.6. The van der Waals surface area contributed by atoms with Crippen molar-refractivity contribution in [2.24, 2.45) is 0 Å². The number of aryl methyl sites for hydroxylation is 1. The molecule has 1 amide bonds. The van der Waals surface area contributed by atoms with Gasteiger partial charge in [-0.2, -0.15) is 0 Å². The lowest BCUT2D eigenvalue weighted by molar-refractivity contribution is -0.115. The van der Waals surface area contributed by atoms with Crippen LogP contribution >= 0.6 is 11.6 Å². The minimum atomic E-state index is -0.115. The molecule has 0 unspecified atom stereocenters. The predicted octanol–water partition coefficient (Wildman–Crippen LogP) is 5.02. The first-order valence-electron chi connectivity index (χ1n) is 7.83. The van der Waals surface area contributed by atoms with Crippen LogP contribution in [0, 0.1) is 6.92 Å². The summed E-state index contributed by atoms with van der Waals surface area (Å²) in [5.41, 5.74) is 2.70. The lowest BCUT2D eigenvalue weighted by atomic mass is 10.2. The van der Waals surface area contributed by atoms with Crippen LogP contribution in [0.5, 0.6) is 11.5 Å². The Kier molecular flexibility index (Phi) is 5.31. The highest BCUT2D eigenvalue weighted by molar-refractivity contribution is 6.29. The second-order valence-electron chi connectivity index (χ2n) is 5.65. The molecule has 2 aromatic carbocycles. The van der Waals surface area contributed by atoms with Crippen LogP contribution in [0.2, 0.25) is 5.15 Å². The Hall–Kier alpha value is -2.85. The Morgan fingerprint density at radius 3 is 2.24 bits per heavy atom. The van der Waals surface area contributed by atoms with E-state index < -0.39 is 0 Å². The van der Waals surface area contributed by atoms with E-state index in [1.54, 1.807) is 18.3 Å². The molecule has 0 spiro atoms. The highest BCUT2D eigenvalue weighted by Crippen LogP contribution is 2.23. The van der Waals surface area contributed by atoms with E-state index in [4.69, 9.17) is 16.3 Å². The molecule has 0 saturated carbocycles. The van der Waals surface area contributed by atoms with Crippen molar-refractivity contribution in [3.8, 4) is 11.5 Å². The second-order valence-corrected chi connectivity index (χ2v) is 6.04. The van der Waals surface area contributed by atoms with Crippen molar-refractivity contribution >= 4 is 23.2 Å². The first kappa shape index (κ1) is 17.0. The summed E-state index contributed by atoms with van der Waals surface area (Å²) in [6.07, 6.45) is 1.84. The van der Waals surface area contributed by atoms with E-state index in [9.17, 15) is 4.79 Å². The van der Waals surface area contributed by atoms with Gasteiger partial charge in [-0.25, -0.2) is 4.98 Å². The number of anilines is 1. The maximum atomic E-state index is 12.1. The molecule has 3 aromatic rings. The van der Waals surface area contributed by atoms with Gasteiger partial charge >= 0.3 is 0 Å². The number of pyridine rings is 1. The van der Waals surface area contributed by atoms with Crippen molar-refractivity contribution in [1.29, 1.82) is 0 Å². The van der Waals surface area contributed by atoms with Gasteiger partial charge < -0.3 is 10.1 Å². The molecule has 3 rings (SSSR count). The number of carbonyl (C=O) groups excluding carboxylic acids is 1. The van der Waals surface area contributed by atoms with Crippen LogP contribution < -0.4 is 10.1 Å². The summed E-state index contributed by atoms with van der Waals surface area (Å²) in [4.78, 5) is 16.0. The van der Waals surface area contributed by atoms with Gasteiger partial charge in [0.15, 0.2) is 0 Å². The van der Waals surface area contributed by atoms with Gasteiger partial charge in [-0.3, -0.25) is 4.79 Å². The Labute approximate surface area is 151 Å². The number of carbonyl (C=O) groups is 1. The number of hydrogen-bond donors (Lipinski definition) is 1. The van der Waals surface area contributed by atoms with Gasteiger partial charge in [0.25, 0.3) is 0 Å². The zero-order valence-electron chi connectivity index (χ0n) is 13.7. The van der Waals surface area contributed by atoms with E-state index in [0.717, 1.165) is 11.3 Å². The second kappa shape index (κ2) is 7.81. The number of nitrogens with zero attached hydrogens (tertiary/aromatic N) is 1. The van der Waals surface area contributed by atoms with Crippen LogP contribution in [0.25, 0.3) is 0 Å². The van der Waals surface area contributed by atoms with E-state index in [1.807, 2.05) is 55.5 Å². The first-order chi connectivity index (χ1) is 12.1. The third kappa shape index (κ3) is 5.06. The van der Waals surface area contributed by atoms with E-state index in [-0.39, 0.29) is 12.3 Å². The number of aromatic nitrogens is 1. The molecule has 126 valence electrons. The molecule has 0 bridgehead atoms. The van der Waals surface area contributed by atoms with Crippen molar-refractivity contribution < 1.29 is 9.53 Å². The summed E-state index contributed by atoms with van der Waals surface area (Å²) >= 11 is 5.73. The van der Waals surface area contributed by atoms with E-state index in [0.29, 0.717) is 16.6 Å². The number of ether oxygens (including phenoxy) is 1. The molecule has 1 heterocycles. The monoisotopic (exact) mass is 352 g/mol. The lowest BCUT2D eigenvalue weighted by Gasteiger charge is -2.08. The Morgan fingerprint density at radius 2 is 1.64 bits per heavy atom. The Bertz CT molecular complexity index is 844. The maximum Gasteiger partial charge on any atom is 0.228 e. The molecular formula is C20H17ClN2O2.